The molecule has 0 saturated carbocycles. The molecule has 0 aromatic carbocycles. The zero-order valence-electron chi connectivity index (χ0n) is 33.5. The molecule has 0 aromatic rings. The summed E-state index contributed by atoms with van der Waals surface area (Å²) in [5.41, 5.74) is 0. The Morgan fingerprint density at radius 3 is 1.62 bits per heavy atom. The third-order valence-electron chi connectivity index (χ3n) is 8.92. The van der Waals surface area contributed by atoms with Crippen molar-refractivity contribution in [3.05, 3.63) is 48.6 Å². The number of esters is 2. The van der Waals surface area contributed by atoms with Crippen molar-refractivity contribution in [3.8, 4) is 0 Å². The highest BCUT2D eigenvalue weighted by Crippen LogP contribution is 2.36. The van der Waals surface area contributed by atoms with E-state index in [1.807, 2.05) is 12.2 Å². The van der Waals surface area contributed by atoms with Crippen molar-refractivity contribution in [2.75, 3.05) is 13.2 Å². The van der Waals surface area contributed by atoms with Crippen LogP contribution in [0.3, 0.4) is 0 Å². The van der Waals surface area contributed by atoms with Crippen LogP contribution in [0.4, 0.5) is 0 Å². The first-order chi connectivity index (χ1) is 25.7. The molecular formula is C43H77O9P. The minimum absolute atomic E-state index is 0.0134. The number of aliphatic hydroxyl groups is 1. The van der Waals surface area contributed by atoms with Crippen LogP contribution in [0.25, 0.3) is 0 Å². The van der Waals surface area contributed by atoms with Crippen LogP contribution in [-0.2, 0) is 28.2 Å². The van der Waals surface area contributed by atoms with Crippen LogP contribution in [-0.4, -0.2) is 52.3 Å². The lowest BCUT2D eigenvalue weighted by Crippen LogP contribution is -2.29. The quantitative estimate of drug-likeness (QED) is 0.0184. The van der Waals surface area contributed by atoms with E-state index in [1.165, 1.54) is 103 Å². The Labute approximate surface area is 323 Å². The van der Waals surface area contributed by atoms with Crippen LogP contribution < -0.4 is 0 Å². The molecule has 0 spiro atoms. The van der Waals surface area contributed by atoms with Crippen molar-refractivity contribution in [1.82, 2.24) is 0 Å². The van der Waals surface area contributed by atoms with Gasteiger partial charge in [-0.25, -0.2) is 4.57 Å². The van der Waals surface area contributed by atoms with Gasteiger partial charge in [-0.05, 0) is 64.2 Å². The molecule has 0 heterocycles. The van der Waals surface area contributed by atoms with E-state index < -0.39 is 38.6 Å². The molecule has 10 heteroatoms. The second-order valence-corrected chi connectivity index (χ2v) is 15.4. The fraction of sp³-hybridized carbons (Fsp3) is 0.767. The van der Waals surface area contributed by atoms with Crippen LogP contribution in [0.5, 0.6) is 0 Å². The highest BCUT2D eigenvalue weighted by Gasteiger charge is 2.23. The minimum atomic E-state index is -4.81. The molecular weight excluding hydrogens is 691 g/mol. The van der Waals surface area contributed by atoms with Crippen LogP contribution in [0.1, 0.15) is 187 Å². The fourth-order valence-electron chi connectivity index (χ4n) is 5.73. The lowest BCUT2D eigenvalue weighted by atomic mass is 10.1. The Morgan fingerprint density at radius 2 is 1.08 bits per heavy atom. The van der Waals surface area contributed by atoms with Gasteiger partial charge in [0.1, 0.15) is 6.61 Å². The van der Waals surface area contributed by atoms with Crippen LogP contribution in [0.15, 0.2) is 48.6 Å². The topological polar surface area (TPSA) is 140 Å². The molecule has 53 heavy (non-hydrogen) atoms. The number of ether oxygens (including phenoxy) is 2. The largest absolute Gasteiger partial charge is 0.469 e. The summed E-state index contributed by atoms with van der Waals surface area (Å²) in [5.74, 6) is -1.09. The second kappa shape index (κ2) is 38.3. The monoisotopic (exact) mass is 769 g/mol. The summed E-state index contributed by atoms with van der Waals surface area (Å²) in [5, 5.41) is 10.2. The summed E-state index contributed by atoms with van der Waals surface area (Å²) in [6.45, 7) is 3.51. The normalized spacial score (nSPS) is 13.5. The molecule has 0 bridgehead atoms. The van der Waals surface area contributed by atoms with Gasteiger partial charge in [0, 0.05) is 12.8 Å². The average molecular weight is 769 g/mol. The average Bonchev–Trinajstić information content (AvgIpc) is 3.12. The molecule has 9 nitrogen and oxygen atoms in total. The molecule has 308 valence electrons. The van der Waals surface area contributed by atoms with E-state index in [0.717, 1.165) is 38.5 Å². The van der Waals surface area contributed by atoms with Crippen molar-refractivity contribution in [2.45, 2.75) is 199 Å². The number of carbonyl (C=O) groups excluding carboxylic acids is 2. The van der Waals surface area contributed by atoms with Gasteiger partial charge in [-0.15, -0.1) is 0 Å². The lowest BCUT2D eigenvalue weighted by Gasteiger charge is -2.18. The number of aliphatic hydroxyl groups excluding tert-OH is 1. The van der Waals surface area contributed by atoms with E-state index in [4.69, 9.17) is 19.3 Å². The first-order valence-electron chi connectivity index (χ1n) is 21.0. The van der Waals surface area contributed by atoms with Crippen molar-refractivity contribution < 1.29 is 43.0 Å². The SMILES string of the molecule is CCCCCCCC/C=C\CCCCCCCCCC(=O)OC[C@H](COP(=O)(O)O)OC(=O)CCCC(O)/C=C/C=C/C/C=C/CCCCCCCC. The van der Waals surface area contributed by atoms with Gasteiger partial charge in [0.15, 0.2) is 6.10 Å². The Bertz CT molecular complexity index is 1020. The number of carbonyl (C=O) groups is 2. The molecule has 0 amide bonds. The summed E-state index contributed by atoms with van der Waals surface area (Å²) in [7, 11) is -4.81. The summed E-state index contributed by atoms with van der Waals surface area (Å²) >= 11 is 0. The van der Waals surface area contributed by atoms with Gasteiger partial charge in [-0.3, -0.25) is 14.1 Å². The number of phosphoric acid groups is 1. The number of unbranched alkanes of at least 4 members (excludes halogenated alkanes) is 19. The van der Waals surface area contributed by atoms with Gasteiger partial charge in [0.25, 0.3) is 0 Å². The first kappa shape index (κ1) is 51.0. The number of hydrogen-bond acceptors (Lipinski definition) is 7. The second-order valence-electron chi connectivity index (χ2n) is 14.2. The van der Waals surface area contributed by atoms with Crippen molar-refractivity contribution in [2.24, 2.45) is 0 Å². The molecule has 0 aliphatic rings. The highest BCUT2D eigenvalue weighted by molar-refractivity contribution is 7.46. The summed E-state index contributed by atoms with van der Waals surface area (Å²) < 4.78 is 26.2. The van der Waals surface area contributed by atoms with Crippen LogP contribution in [0, 0.1) is 0 Å². The molecule has 0 aliphatic heterocycles. The van der Waals surface area contributed by atoms with Gasteiger partial charge >= 0.3 is 19.8 Å². The lowest BCUT2D eigenvalue weighted by molar-refractivity contribution is -0.161. The molecule has 3 N–H and O–H groups in total. The fourth-order valence-corrected chi connectivity index (χ4v) is 6.09. The minimum Gasteiger partial charge on any atom is -0.462 e. The predicted octanol–water partition coefficient (Wildman–Crippen LogP) is 11.7. The van der Waals surface area contributed by atoms with Gasteiger partial charge in [-0.2, -0.15) is 0 Å². The molecule has 0 saturated heterocycles. The maximum Gasteiger partial charge on any atom is 0.469 e. The van der Waals surface area contributed by atoms with Crippen molar-refractivity contribution in [1.29, 1.82) is 0 Å². The van der Waals surface area contributed by atoms with Gasteiger partial charge in [0.05, 0.1) is 12.7 Å². The molecule has 1 unspecified atom stereocenters. The zero-order chi connectivity index (χ0) is 39.1. The van der Waals surface area contributed by atoms with E-state index in [-0.39, 0.29) is 19.4 Å². The predicted molar refractivity (Wildman–Crippen MR) is 217 cm³/mol. The summed E-state index contributed by atoms with van der Waals surface area (Å²) in [4.78, 5) is 42.8. The Kier molecular flexibility index (Phi) is 36.8. The summed E-state index contributed by atoms with van der Waals surface area (Å²) in [6, 6.07) is 0. The van der Waals surface area contributed by atoms with E-state index in [1.54, 1.807) is 12.2 Å². The van der Waals surface area contributed by atoms with Crippen molar-refractivity contribution in [3.63, 3.8) is 0 Å². The van der Waals surface area contributed by atoms with Crippen molar-refractivity contribution >= 4 is 19.8 Å². The van der Waals surface area contributed by atoms with Gasteiger partial charge in [0.2, 0.25) is 0 Å². The van der Waals surface area contributed by atoms with Crippen LogP contribution in [0.2, 0.25) is 0 Å². The molecule has 0 radical (unpaired) electrons. The Hall–Kier alpha value is -2.03. The third-order valence-corrected chi connectivity index (χ3v) is 9.41. The smallest absolute Gasteiger partial charge is 0.462 e. The Morgan fingerprint density at radius 1 is 0.585 bits per heavy atom. The van der Waals surface area contributed by atoms with E-state index in [0.29, 0.717) is 19.3 Å². The highest BCUT2D eigenvalue weighted by atomic mass is 31.2. The zero-order valence-corrected chi connectivity index (χ0v) is 34.4. The number of rotatable bonds is 38. The maximum atomic E-state index is 12.4. The third kappa shape index (κ3) is 41.0. The number of allylic oxidation sites excluding steroid dienone is 7. The Balaban J connectivity index is 4.11. The first-order valence-corrected chi connectivity index (χ1v) is 22.6. The molecule has 2 atom stereocenters. The molecule has 0 rings (SSSR count). The number of hydrogen-bond donors (Lipinski definition) is 3. The maximum absolute atomic E-state index is 12.4. The molecule has 0 aliphatic carbocycles. The van der Waals surface area contributed by atoms with E-state index >= 15 is 0 Å². The van der Waals surface area contributed by atoms with E-state index in [9.17, 15) is 19.3 Å². The van der Waals surface area contributed by atoms with E-state index in [2.05, 4.69) is 42.7 Å². The van der Waals surface area contributed by atoms with Gasteiger partial charge in [-0.1, -0.05) is 159 Å². The summed E-state index contributed by atoms with van der Waals surface area (Å²) in [6.07, 6.45) is 42.9. The van der Waals surface area contributed by atoms with Crippen LogP contribution >= 0.6 is 7.82 Å². The standard InChI is InChI=1S/C43H77O9P/c1-3-5-7-9-11-13-15-17-18-19-20-22-24-26-28-30-32-36-42(45)50-38-41(39-51-53(47,48)49)52-43(46)37-33-35-40(44)34-31-29-27-25-23-21-16-14-12-10-8-6-4-2/h17-18,21,23,27,29,31,34,40-41,44H,3-16,19-20,22,24-26,28,30,32-33,35-39H2,1-2H3,(H2,47,48,49)/b18-17-,23-21+,29-27+,34-31+/t40?,41-/m1/s1. The number of phosphoric ester groups is 1. The van der Waals surface area contributed by atoms with Gasteiger partial charge < -0.3 is 24.4 Å². The molecule has 0 fully saturated rings. The molecule has 0 aromatic heterocycles.